The molecule has 3 aromatic heterocycles. The molecule has 0 atom stereocenters. The first-order valence-corrected chi connectivity index (χ1v) is 7.49. The van der Waals surface area contributed by atoms with Gasteiger partial charge in [0.15, 0.2) is 5.69 Å². The molecule has 0 amide bonds. The number of hydrogen-bond acceptors (Lipinski definition) is 5. The van der Waals surface area contributed by atoms with Crippen LogP contribution in [0.1, 0.15) is 18.5 Å². The monoisotopic (exact) mass is 292 g/mol. The van der Waals surface area contributed by atoms with Gasteiger partial charge < -0.3 is 15.6 Å². The van der Waals surface area contributed by atoms with Gasteiger partial charge >= 0.3 is 0 Å². The van der Waals surface area contributed by atoms with Crippen LogP contribution in [0, 0.1) is 11.3 Å². The van der Waals surface area contributed by atoms with Crippen LogP contribution in [0.4, 0.5) is 5.69 Å². The molecule has 1 aliphatic heterocycles. The predicted molar refractivity (Wildman–Crippen MR) is 85.6 cm³/mol. The zero-order valence-electron chi connectivity index (χ0n) is 12.1. The Morgan fingerprint density at radius 2 is 2.14 bits per heavy atom. The summed E-state index contributed by atoms with van der Waals surface area (Å²) in [5, 5.41) is 18.4. The van der Waals surface area contributed by atoms with Gasteiger partial charge in [0.2, 0.25) is 0 Å². The second-order valence-electron chi connectivity index (χ2n) is 5.58. The third kappa shape index (κ3) is 2.07. The standard InChI is InChI=1S/C16H16N6/c17-8-12-15(21-10-3-6-18-7-4-10)14-11-2-1-5-19-16(11)22-13(14)9-20-12/h1-2,5,9-10,18,21H,3-4,6-7H2,(H,19,22). The Kier molecular flexibility index (Phi) is 3.13. The SMILES string of the molecule is N#Cc1ncc2[nH]c3ncccc3c2c1NC1CCNCC1. The highest BCUT2D eigenvalue weighted by Crippen LogP contribution is 2.33. The van der Waals surface area contributed by atoms with Gasteiger partial charge in [-0.2, -0.15) is 5.26 Å². The van der Waals surface area contributed by atoms with Gasteiger partial charge in [-0.05, 0) is 38.1 Å². The molecule has 110 valence electrons. The van der Waals surface area contributed by atoms with Crippen molar-refractivity contribution in [2.75, 3.05) is 18.4 Å². The molecular weight excluding hydrogens is 276 g/mol. The van der Waals surface area contributed by atoms with Gasteiger partial charge in [0.05, 0.1) is 17.4 Å². The molecular formula is C16H16N6. The maximum Gasteiger partial charge on any atom is 0.164 e. The number of anilines is 1. The van der Waals surface area contributed by atoms with Gasteiger partial charge in [-0.25, -0.2) is 9.97 Å². The van der Waals surface area contributed by atoms with Crippen molar-refractivity contribution < 1.29 is 0 Å². The Labute approximate surface area is 127 Å². The highest BCUT2D eigenvalue weighted by Gasteiger charge is 2.19. The summed E-state index contributed by atoms with van der Waals surface area (Å²) >= 11 is 0. The van der Waals surface area contributed by atoms with Crippen LogP contribution in [-0.4, -0.2) is 34.1 Å². The number of nitrogens with one attached hydrogen (secondary N) is 3. The molecule has 1 fully saturated rings. The van der Waals surface area contributed by atoms with Gasteiger partial charge in [0, 0.05) is 23.0 Å². The minimum absolute atomic E-state index is 0.363. The van der Waals surface area contributed by atoms with Crippen molar-refractivity contribution in [2.45, 2.75) is 18.9 Å². The Hall–Kier alpha value is -2.65. The number of hydrogen-bond donors (Lipinski definition) is 3. The lowest BCUT2D eigenvalue weighted by Crippen LogP contribution is -2.35. The summed E-state index contributed by atoms with van der Waals surface area (Å²) in [5.74, 6) is 0. The Bertz CT molecular complexity index is 869. The molecule has 6 heteroatoms. The summed E-state index contributed by atoms with van der Waals surface area (Å²) in [7, 11) is 0. The molecule has 1 saturated heterocycles. The molecule has 3 N–H and O–H groups in total. The summed E-state index contributed by atoms with van der Waals surface area (Å²) in [5.41, 5.74) is 2.99. The maximum absolute atomic E-state index is 9.43. The molecule has 4 heterocycles. The van der Waals surface area contributed by atoms with Crippen LogP contribution in [0.5, 0.6) is 0 Å². The molecule has 0 saturated carbocycles. The number of rotatable bonds is 2. The fourth-order valence-corrected chi connectivity index (χ4v) is 3.12. The highest BCUT2D eigenvalue weighted by molar-refractivity contribution is 6.12. The first-order valence-electron chi connectivity index (χ1n) is 7.49. The van der Waals surface area contributed by atoms with Crippen LogP contribution in [0.15, 0.2) is 24.5 Å². The summed E-state index contributed by atoms with van der Waals surface area (Å²) in [6, 6.07) is 6.51. The van der Waals surface area contributed by atoms with E-state index in [1.807, 2.05) is 12.1 Å². The van der Waals surface area contributed by atoms with E-state index >= 15 is 0 Å². The van der Waals surface area contributed by atoms with Crippen molar-refractivity contribution in [1.29, 1.82) is 5.26 Å². The molecule has 6 nitrogen and oxygen atoms in total. The van der Waals surface area contributed by atoms with Crippen molar-refractivity contribution >= 4 is 27.6 Å². The van der Waals surface area contributed by atoms with E-state index < -0.39 is 0 Å². The van der Waals surface area contributed by atoms with E-state index in [9.17, 15) is 5.26 Å². The van der Waals surface area contributed by atoms with Gasteiger partial charge in [0.1, 0.15) is 11.7 Å². The number of aromatic nitrogens is 3. The third-order valence-electron chi connectivity index (χ3n) is 4.20. The van der Waals surface area contributed by atoms with Crippen LogP contribution in [-0.2, 0) is 0 Å². The first-order chi connectivity index (χ1) is 10.9. The lowest BCUT2D eigenvalue weighted by molar-refractivity contribution is 0.479. The normalized spacial score (nSPS) is 16.0. The average Bonchev–Trinajstić information content (AvgIpc) is 2.95. The smallest absolute Gasteiger partial charge is 0.164 e. The molecule has 0 unspecified atom stereocenters. The van der Waals surface area contributed by atoms with E-state index in [-0.39, 0.29) is 0 Å². The van der Waals surface area contributed by atoms with E-state index in [0.717, 1.165) is 53.6 Å². The van der Waals surface area contributed by atoms with Crippen LogP contribution >= 0.6 is 0 Å². The molecule has 3 aromatic rings. The fourth-order valence-electron chi connectivity index (χ4n) is 3.12. The molecule has 0 bridgehead atoms. The number of aromatic amines is 1. The zero-order valence-corrected chi connectivity index (χ0v) is 12.1. The van der Waals surface area contributed by atoms with Crippen LogP contribution in [0.2, 0.25) is 0 Å². The lowest BCUT2D eigenvalue weighted by Gasteiger charge is -2.25. The Morgan fingerprint density at radius 1 is 1.27 bits per heavy atom. The first kappa shape index (κ1) is 13.0. The van der Waals surface area contributed by atoms with E-state index in [0.29, 0.717) is 11.7 Å². The van der Waals surface area contributed by atoms with Crippen LogP contribution < -0.4 is 10.6 Å². The predicted octanol–water partition coefficient (Wildman–Crippen LogP) is 2.15. The molecule has 1 aliphatic rings. The van der Waals surface area contributed by atoms with Crippen LogP contribution in [0.3, 0.4) is 0 Å². The number of piperidine rings is 1. The number of fused-ring (bicyclic) bond motifs is 3. The average molecular weight is 292 g/mol. The van der Waals surface area contributed by atoms with Gasteiger partial charge in [-0.3, -0.25) is 0 Å². The van der Waals surface area contributed by atoms with Gasteiger partial charge in [0.25, 0.3) is 0 Å². The Morgan fingerprint density at radius 3 is 2.95 bits per heavy atom. The number of nitrogens with zero attached hydrogens (tertiary/aromatic N) is 3. The van der Waals surface area contributed by atoms with Crippen LogP contribution in [0.25, 0.3) is 21.9 Å². The number of H-pyrrole nitrogens is 1. The summed E-state index contributed by atoms with van der Waals surface area (Å²) in [6.07, 6.45) is 5.56. The minimum Gasteiger partial charge on any atom is -0.379 e. The fraction of sp³-hybridized carbons (Fsp3) is 0.312. The maximum atomic E-state index is 9.43. The second-order valence-corrected chi connectivity index (χ2v) is 5.58. The summed E-state index contributed by atoms with van der Waals surface area (Å²) in [4.78, 5) is 11.9. The molecule has 0 radical (unpaired) electrons. The molecule has 0 aliphatic carbocycles. The Balaban J connectivity index is 1.91. The minimum atomic E-state index is 0.363. The lowest BCUT2D eigenvalue weighted by atomic mass is 10.0. The van der Waals surface area contributed by atoms with Gasteiger partial charge in [-0.15, -0.1) is 0 Å². The van der Waals surface area contributed by atoms with Crippen molar-refractivity contribution in [3.8, 4) is 6.07 Å². The largest absolute Gasteiger partial charge is 0.379 e. The van der Waals surface area contributed by atoms with Crippen molar-refractivity contribution in [3.05, 3.63) is 30.2 Å². The third-order valence-corrected chi connectivity index (χ3v) is 4.20. The molecule has 4 rings (SSSR count). The van der Waals surface area contributed by atoms with Crippen molar-refractivity contribution in [3.63, 3.8) is 0 Å². The van der Waals surface area contributed by atoms with E-state index in [1.54, 1.807) is 12.4 Å². The quantitative estimate of drug-likeness (QED) is 0.673. The molecule has 0 aromatic carbocycles. The molecule has 22 heavy (non-hydrogen) atoms. The zero-order chi connectivity index (χ0) is 14.9. The number of pyridine rings is 2. The van der Waals surface area contributed by atoms with E-state index in [1.165, 1.54) is 0 Å². The topological polar surface area (TPSA) is 89.4 Å². The number of nitriles is 1. The van der Waals surface area contributed by atoms with Gasteiger partial charge in [-0.1, -0.05) is 0 Å². The second kappa shape index (κ2) is 5.28. The van der Waals surface area contributed by atoms with E-state index in [4.69, 9.17) is 0 Å². The van der Waals surface area contributed by atoms with Crippen molar-refractivity contribution in [2.24, 2.45) is 0 Å². The summed E-state index contributed by atoms with van der Waals surface area (Å²) in [6.45, 7) is 2.00. The summed E-state index contributed by atoms with van der Waals surface area (Å²) < 4.78 is 0. The molecule has 0 spiro atoms. The van der Waals surface area contributed by atoms with E-state index in [2.05, 4.69) is 31.7 Å². The van der Waals surface area contributed by atoms with Crippen molar-refractivity contribution in [1.82, 2.24) is 20.3 Å². The highest BCUT2D eigenvalue weighted by atomic mass is 15.0.